The third-order valence-corrected chi connectivity index (χ3v) is 3.89. The third kappa shape index (κ3) is 3.15. The smallest absolute Gasteiger partial charge is 0.145 e. The van der Waals surface area contributed by atoms with Crippen LogP contribution >= 0.6 is 11.3 Å². The molecule has 2 heterocycles. The molecule has 3 rings (SSSR count). The van der Waals surface area contributed by atoms with Gasteiger partial charge in [0.1, 0.15) is 17.9 Å². The topological polar surface area (TPSA) is 34.1 Å². The van der Waals surface area contributed by atoms with Gasteiger partial charge < -0.3 is 10.1 Å². The van der Waals surface area contributed by atoms with Crippen LogP contribution in [0.4, 0.5) is 0 Å². The molecule has 3 nitrogen and oxygen atoms in total. The molecule has 102 valence electrons. The van der Waals surface area contributed by atoms with Gasteiger partial charge in [0.15, 0.2) is 0 Å². The minimum atomic E-state index is 0.640. The number of benzene rings is 1. The lowest BCUT2D eigenvalue weighted by Gasteiger charge is -2.09. The van der Waals surface area contributed by atoms with Crippen molar-refractivity contribution in [1.82, 2.24) is 10.3 Å². The summed E-state index contributed by atoms with van der Waals surface area (Å²) in [7, 11) is 0. The molecule has 0 saturated carbocycles. The van der Waals surface area contributed by atoms with E-state index in [-0.39, 0.29) is 0 Å². The highest BCUT2D eigenvalue weighted by Crippen LogP contribution is 2.22. The van der Waals surface area contributed by atoms with Crippen LogP contribution in [0.2, 0.25) is 0 Å². The number of fused-ring (bicyclic) bond motifs is 1. The zero-order chi connectivity index (χ0) is 13.6. The molecule has 0 spiro atoms. The van der Waals surface area contributed by atoms with Crippen molar-refractivity contribution in [3.8, 4) is 5.75 Å². The first-order valence-electron chi connectivity index (χ1n) is 6.63. The van der Waals surface area contributed by atoms with Crippen molar-refractivity contribution in [1.29, 1.82) is 0 Å². The summed E-state index contributed by atoms with van der Waals surface area (Å²) in [5.41, 5.74) is 0.924. The van der Waals surface area contributed by atoms with Crippen molar-refractivity contribution in [2.45, 2.75) is 6.54 Å². The van der Waals surface area contributed by atoms with Gasteiger partial charge in [0.25, 0.3) is 0 Å². The van der Waals surface area contributed by atoms with Gasteiger partial charge in [-0.2, -0.15) is 0 Å². The third-order valence-electron chi connectivity index (χ3n) is 3.01. The van der Waals surface area contributed by atoms with E-state index in [1.807, 2.05) is 30.3 Å². The number of nitrogens with zero attached hydrogens (tertiary/aromatic N) is 1. The van der Waals surface area contributed by atoms with Crippen LogP contribution in [-0.4, -0.2) is 18.1 Å². The molecule has 0 radical (unpaired) electrons. The van der Waals surface area contributed by atoms with Crippen molar-refractivity contribution >= 4 is 22.2 Å². The highest BCUT2D eigenvalue weighted by atomic mass is 32.1. The molecular weight excluding hydrogens is 268 g/mol. The molecule has 3 aromatic rings. The lowest BCUT2D eigenvalue weighted by Crippen LogP contribution is -2.20. The number of nitrogens with one attached hydrogen (secondary N) is 1. The molecule has 0 atom stereocenters. The fourth-order valence-electron chi connectivity index (χ4n) is 2.05. The summed E-state index contributed by atoms with van der Waals surface area (Å²) in [6.07, 6.45) is 1.80. The molecule has 0 fully saturated rings. The second-order valence-corrected chi connectivity index (χ2v) is 5.47. The summed E-state index contributed by atoms with van der Waals surface area (Å²) in [5.74, 6) is 0.848. The molecule has 0 unspecified atom stereocenters. The fourth-order valence-corrected chi connectivity index (χ4v) is 2.73. The van der Waals surface area contributed by atoms with Gasteiger partial charge in [0, 0.05) is 29.5 Å². The second-order valence-electron chi connectivity index (χ2n) is 4.44. The van der Waals surface area contributed by atoms with Crippen LogP contribution in [0.5, 0.6) is 5.75 Å². The molecule has 0 bridgehead atoms. The number of para-hydroxylation sites is 1. The zero-order valence-corrected chi connectivity index (χ0v) is 11.9. The molecule has 20 heavy (non-hydrogen) atoms. The fraction of sp³-hybridized carbons (Fsp3) is 0.188. The lowest BCUT2D eigenvalue weighted by molar-refractivity contribution is 0.317. The number of aromatic nitrogens is 1. The van der Waals surface area contributed by atoms with Crippen LogP contribution in [0.3, 0.4) is 0 Å². The number of ether oxygens (including phenoxy) is 1. The predicted octanol–water partition coefficient (Wildman–Crippen LogP) is 3.46. The van der Waals surface area contributed by atoms with Crippen molar-refractivity contribution in [2.24, 2.45) is 0 Å². The first-order valence-corrected chi connectivity index (χ1v) is 7.51. The Labute approximate surface area is 122 Å². The van der Waals surface area contributed by atoms with E-state index in [0.717, 1.165) is 29.7 Å². The summed E-state index contributed by atoms with van der Waals surface area (Å²) in [4.78, 5) is 5.72. The minimum absolute atomic E-state index is 0.640. The number of pyridine rings is 1. The molecule has 1 aromatic carbocycles. The normalized spacial score (nSPS) is 10.8. The van der Waals surface area contributed by atoms with Crippen LogP contribution in [0.15, 0.2) is 54.0 Å². The maximum Gasteiger partial charge on any atom is 0.145 e. The van der Waals surface area contributed by atoms with E-state index in [2.05, 4.69) is 27.8 Å². The van der Waals surface area contributed by atoms with Gasteiger partial charge in [0.2, 0.25) is 0 Å². The number of hydrogen-bond donors (Lipinski definition) is 1. The predicted molar refractivity (Wildman–Crippen MR) is 83.3 cm³/mol. The van der Waals surface area contributed by atoms with Gasteiger partial charge in [-0.15, -0.1) is 11.3 Å². The Bertz CT molecular complexity index is 662. The van der Waals surface area contributed by atoms with Gasteiger partial charge in [0.05, 0.1) is 0 Å². The number of rotatable bonds is 6. The Morgan fingerprint density at radius 1 is 1.10 bits per heavy atom. The van der Waals surface area contributed by atoms with Gasteiger partial charge >= 0.3 is 0 Å². The molecule has 2 aromatic heterocycles. The molecule has 0 saturated heterocycles. The summed E-state index contributed by atoms with van der Waals surface area (Å²) in [6.45, 7) is 2.36. The van der Waals surface area contributed by atoms with Crippen molar-refractivity contribution < 1.29 is 4.74 Å². The van der Waals surface area contributed by atoms with Gasteiger partial charge in [-0.1, -0.05) is 24.3 Å². The van der Waals surface area contributed by atoms with Gasteiger partial charge in [-0.25, -0.2) is 0 Å². The van der Waals surface area contributed by atoms with E-state index in [0.29, 0.717) is 6.61 Å². The van der Waals surface area contributed by atoms with Crippen LogP contribution in [-0.2, 0) is 6.54 Å². The minimum Gasteiger partial charge on any atom is -0.490 e. The van der Waals surface area contributed by atoms with Crippen molar-refractivity contribution in [3.05, 3.63) is 58.9 Å². The Kier molecular flexibility index (Phi) is 4.25. The lowest BCUT2D eigenvalue weighted by atomic mass is 10.2. The first kappa shape index (κ1) is 13.1. The van der Waals surface area contributed by atoms with E-state index >= 15 is 0 Å². The van der Waals surface area contributed by atoms with E-state index in [4.69, 9.17) is 4.74 Å². The highest BCUT2D eigenvalue weighted by Gasteiger charge is 2.02. The SMILES string of the molecule is c1csc(CNCCOc2cccc3cccnc23)c1. The van der Waals surface area contributed by atoms with E-state index < -0.39 is 0 Å². The molecule has 1 N–H and O–H groups in total. The summed E-state index contributed by atoms with van der Waals surface area (Å²) < 4.78 is 5.82. The number of hydrogen-bond acceptors (Lipinski definition) is 4. The Morgan fingerprint density at radius 3 is 2.95 bits per heavy atom. The Morgan fingerprint density at radius 2 is 2.05 bits per heavy atom. The average molecular weight is 284 g/mol. The van der Waals surface area contributed by atoms with Crippen LogP contribution in [0.1, 0.15) is 4.88 Å². The van der Waals surface area contributed by atoms with Gasteiger partial charge in [-0.3, -0.25) is 4.98 Å². The van der Waals surface area contributed by atoms with Gasteiger partial charge in [-0.05, 0) is 23.6 Å². The molecule has 0 amide bonds. The monoisotopic (exact) mass is 284 g/mol. The standard InChI is InChI=1S/C16H16N2OS/c1-4-13-5-2-8-18-16(13)15(7-1)19-10-9-17-12-14-6-3-11-20-14/h1-8,11,17H,9-10,12H2. The van der Waals surface area contributed by atoms with Crippen LogP contribution in [0.25, 0.3) is 10.9 Å². The molecule has 0 aliphatic rings. The highest BCUT2D eigenvalue weighted by molar-refractivity contribution is 7.09. The van der Waals surface area contributed by atoms with Crippen LogP contribution < -0.4 is 10.1 Å². The second kappa shape index (κ2) is 6.50. The van der Waals surface area contributed by atoms with E-state index in [1.165, 1.54) is 4.88 Å². The summed E-state index contributed by atoms with van der Waals surface area (Å²) in [5, 5.41) is 6.57. The largest absolute Gasteiger partial charge is 0.490 e. The maximum atomic E-state index is 5.82. The maximum absolute atomic E-state index is 5.82. The van der Waals surface area contributed by atoms with E-state index in [9.17, 15) is 0 Å². The quantitative estimate of drug-likeness (QED) is 0.704. The van der Waals surface area contributed by atoms with Crippen molar-refractivity contribution in [2.75, 3.05) is 13.2 Å². The summed E-state index contributed by atoms with van der Waals surface area (Å²) in [6, 6.07) is 14.2. The molecule has 0 aliphatic heterocycles. The zero-order valence-electron chi connectivity index (χ0n) is 11.1. The first-order chi connectivity index (χ1) is 9.93. The molecule has 0 aliphatic carbocycles. The van der Waals surface area contributed by atoms with Crippen molar-refractivity contribution in [3.63, 3.8) is 0 Å². The molecule has 4 heteroatoms. The van der Waals surface area contributed by atoms with E-state index in [1.54, 1.807) is 17.5 Å². The number of thiophene rings is 1. The van der Waals surface area contributed by atoms with Crippen LogP contribution in [0, 0.1) is 0 Å². The Balaban J connectivity index is 1.52. The average Bonchev–Trinajstić information content (AvgIpc) is 3.00. The molecular formula is C16H16N2OS. The summed E-state index contributed by atoms with van der Waals surface area (Å²) >= 11 is 1.77. The Hall–Kier alpha value is -1.91.